The summed E-state index contributed by atoms with van der Waals surface area (Å²) in [6.45, 7) is 8.46. The summed E-state index contributed by atoms with van der Waals surface area (Å²) >= 11 is 12.2. The second-order valence-corrected chi connectivity index (χ2v) is 9.63. The largest absolute Gasteiger partial charge is 0.444 e. The van der Waals surface area contributed by atoms with E-state index in [0.29, 0.717) is 36.4 Å². The van der Waals surface area contributed by atoms with Crippen molar-refractivity contribution < 1.29 is 13.9 Å². The van der Waals surface area contributed by atoms with E-state index in [1.54, 1.807) is 0 Å². The Bertz CT molecular complexity index is 1130. The second-order valence-electron chi connectivity index (χ2n) is 8.94. The summed E-state index contributed by atoms with van der Waals surface area (Å²) in [6, 6.07) is -0.106. The highest BCUT2D eigenvalue weighted by Crippen LogP contribution is 2.37. The van der Waals surface area contributed by atoms with Crippen LogP contribution in [0.1, 0.15) is 52.7 Å². The maximum absolute atomic E-state index is 14.8. The molecular formula is C22H24Cl2FN5O2. The third-order valence-corrected chi connectivity index (χ3v) is 5.89. The van der Waals surface area contributed by atoms with Crippen LogP contribution in [0.3, 0.4) is 0 Å². The average molecular weight is 480 g/mol. The molecule has 2 aromatic rings. The number of fused-ring (bicyclic) bond motifs is 3. The van der Waals surface area contributed by atoms with Crippen molar-refractivity contribution in [3.05, 3.63) is 21.9 Å². The lowest BCUT2D eigenvalue weighted by molar-refractivity contribution is 0.0123. The van der Waals surface area contributed by atoms with Crippen molar-refractivity contribution in [1.29, 1.82) is 0 Å². The van der Waals surface area contributed by atoms with Crippen LogP contribution in [0.2, 0.25) is 10.4 Å². The number of carbonyl (C=O) groups excluding carboxylic acids is 1. The average Bonchev–Trinajstić information content (AvgIpc) is 2.98. The molecule has 4 rings (SSSR count). The number of ether oxygens (including phenoxy) is 1. The number of piperazine rings is 1. The quantitative estimate of drug-likeness (QED) is 0.331. The fourth-order valence-electron chi connectivity index (χ4n) is 4.28. The van der Waals surface area contributed by atoms with Crippen LogP contribution in [-0.2, 0) is 4.74 Å². The lowest BCUT2D eigenvalue weighted by atomic mass is 10.1. The van der Waals surface area contributed by atoms with E-state index in [-0.39, 0.29) is 34.1 Å². The first-order valence-corrected chi connectivity index (χ1v) is 11.3. The van der Waals surface area contributed by atoms with Gasteiger partial charge in [-0.3, -0.25) is 4.90 Å². The summed E-state index contributed by atoms with van der Waals surface area (Å²) in [4.78, 5) is 29.2. The van der Waals surface area contributed by atoms with Gasteiger partial charge in [-0.05, 0) is 51.1 Å². The Kier molecular flexibility index (Phi) is 6.08. The van der Waals surface area contributed by atoms with Crippen molar-refractivity contribution >= 4 is 46.0 Å². The molecule has 170 valence electrons. The van der Waals surface area contributed by atoms with Crippen molar-refractivity contribution in [3.8, 4) is 11.8 Å². The molecule has 0 aromatic carbocycles. The topological polar surface area (TPSA) is 71.5 Å². The number of hydrogen-bond acceptors (Lipinski definition) is 6. The summed E-state index contributed by atoms with van der Waals surface area (Å²) < 4.78 is 20.4. The number of hydrogen-bond donors (Lipinski definition) is 0. The van der Waals surface area contributed by atoms with Gasteiger partial charge in [-0.1, -0.05) is 24.4 Å². The standard InChI is InChI=1S/C22H24Cl2FN5O2/c1-5-6-7-14-15-17(16(25)18(23)26-14)27-20(24)28-19(15)29-10-12-8-9-13(11-29)30(12)21(31)32-22(2,3)4/h12-13H,5,8-11H2,1-4H3. The highest BCUT2D eigenvalue weighted by molar-refractivity contribution is 6.31. The Balaban J connectivity index is 1.75. The molecule has 10 heteroatoms. The number of aromatic nitrogens is 3. The monoisotopic (exact) mass is 479 g/mol. The molecule has 2 unspecified atom stereocenters. The second kappa shape index (κ2) is 8.53. The van der Waals surface area contributed by atoms with Gasteiger partial charge in [0.25, 0.3) is 0 Å². The zero-order valence-corrected chi connectivity index (χ0v) is 19.9. The van der Waals surface area contributed by atoms with Gasteiger partial charge >= 0.3 is 6.09 Å². The first-order valence-electron chi connectivity index (χ1n) is 10.6. The number of anilines is 1. The van der Waals surface area contributed by atoms with Gasteiger partial charge in [0.2, 0.25) is 5.28 Å². The number of pyridine rings is 1. The van der Waals surface area contributed by atoms with Gasteiger partial charge in [-0.15, -0.1) is 0 Å². The molecule has 32 heavy (non-hydrogen) atoms. The van der Waals surface area contributed by atoms with Crippen LogP contribution in [0.15, 0.2) is 0 Å². The van der Waals surface area contributed by atoms with Crippen LogP contribution in [-0.4, -0.2) is 56.7 Å². The molecule has 1 amide bonds. The van der Waals surface area contributed by atoms with E-state index in [0.717, 1.165) is 12.8 Å². The maximum Gasteiger partial charge on any atom is 0.410 e. The lowest BCUT2D eigenvalue weighted by Crippen LogP contribution is -2.57. The maximum atomic E-state index is 14.8. The Morgan fingerprint density at radius 2 is 1.84 bits per heavy atom. The van der Waals surface area contributed by atoms with Crippen LogP contribution in [0.5, 0.6) is 0 Å². The number of amides is 1. The first kappa shape index (κ1) is 22.8. The van der Waals surface area contributed by atoms with Gasteiger partial charge in [-0.2, -0.15) is 4.98 Å². The van der Waals surface area contributed by atoms with Crippen molar-refractivity contribution in [1.82, 2.24) is 19.9 Å². The Hall–Kier alpha value is -2.37. The van der Waals surface area contributed by atoms with Gasteiger partial charge in [0, 0.05) is 19.5 Å². The minimum absolute atomic E-state index is 0.0117. The van der Waals surface area contributed by atoms with Crippen molar-refractivity contribution in [2.24, 2.45) is 0 Å². The zero-order valence-electron chi connectivity index (χ0n) is 18.4. The minimum Gasteiger partial charge on any atom is -0.444 e. The lowest BCUT2D eigenvalue weighted by Gasteiger charge is -2.42. The van der Waals surface area contributed by atoms with Gasteiger partial charge < -0.3 is 9.64 Å². The normalized spacial score (nSPS) is 20.3. The molecule has 0 radical (unpaired) electrons. The van der Waals surface area contributed by atoms with Crippen LogP contribution in [0.4, 0.5) is 15.0 Å². The number of halogens is 3. The van der Waals surface area contributed by atoms with Gasteiger partial charge in [0.05, 0.1) is 17.5 Å². The Labute approximate surface area is 196 Å². The molecule has 0 saturated carbocycles. The van der Waals surface area contributed by atoms with E-state index in [1.807, 2.05) is 37.5 Å². The SMILES string of the molecule is CCC#Cc1nc(Cl)c(F)c2nc(Cl)nc(N3CC4CCC(C3)N4C(=O)OC(C)(C)C)c12. The van der Waals surface area contributed by atoms with E-state index in [4.69, 9.17) is 27.9 Å². The molecule has 2 saturated heterocycles. The number of rotatable bonds is 1. The molecule has 2 aliphatic rings. The van der Waals surface area contributed by atoms with E-state index < -0.39 is 11.4 Å². The Morgan fingerprint density at radius 3 is 2.44 bits per heavy atom. The minimum atomic E-state index is -0.760. The smallest absolute Gasteiger partial charge is 0.410 e. The number of nitrogens with zero attached hydrogens (tertiary/aromatic N) is 5. The molecule has 4 heterocycles. The summed E-state index contributed by atoms with van der Waals surface area (Å²) in [5.41, 5.74) is -0.275. The molecule has 2 aromatic heterocycles. The molecule has 0 spiro atoms. The van der Waals surface area contributed by atoms with Crippen molar-refractivity contribution in [3.63, 3.8) is 0 Å². The fraction of sp³-hybridized carbons (Fsp3) is 0.545. The van der Waals surface area contributed by atoms with E-state index >= 15 is 0 Å². The summed E-state index contributed by atoms with van der Waals surface area (Å²) in [6.07, 6.45) is 1.97. The van der Waals surface area contributed by atoms with E-state index in [9.17, 15) is 9.18 Å². The van der Waals surface area contributed by atoms with Gasteiger partial charge in [0.15, 0.2) is 11.0 Å². The molecule has 7 nitrogen and oxygen atoms in total. The van der Waals surface area contributed by atoms with Crippen LogP contribution >= 0.6 is 23.2 Å². The molecule has 2 fully saturated rings. The third kappa shape index (κ3) is 4.28. The van der Waals surface area contributed by atoms with Gasteiger partial charge in [0.1, 0.15) is 22.6 Å². The van der Waals surface area contributed by atoms with Crippen molar-refractivity contribution in [2.45, 2.75) is 64.6 Å². The summed E-state index contributed by atoms with van der Waals surface area (Å²) in [5.74, 6) is 5.59. The first-order chi connectivity index (χ1) is 15.1. The molecular weight excluding hydrogens is 456 g/mol. The highest BCUT2D eigenvalue weighted by Gasteiger charge is 2.45. The molecule has 0 N–H and O–H groups in total. The van der Waals surface area contributed by atoms with Crippen LogP contribution < -0.4 is 4.90 Å². The molecule has 2 aliphatic heterocycles. The van der Waals surface area contributed by atoms with E-state index in [1.165, 1.54) is 0 Å². The molecule has 2 atom stereocenters. The third-order valence-electron chi connectivity index (χ3n) is 5.47. The predicted octanol–water partition coefficient (Wildman–Crippen LogP) is 4.82. The van der Waals surface area contributed by atoms with Gasteiger partial charge in [-0.25, -0.2) is 19.2 Å². The van der Waals surface area contributed by atoms with Crippen LogP contribution in [0, 0.1) is 17.7 Å². The fourth-order valence-corrected chi connectivity index (χ4v) is 4.62. The summed E-state index contributed by atoms with van der Waals surface area (Å²) in [7, 11) is 0. The zero-order chi connectivity index (χ0) is 23.2. The molecule has 0 aliphatic carbocycles. The Morgan fingerprint density at radius 1 is 1.19 bits per heavy atom. The van der Waals surface area contributed by atoms with E-state index in [2.05, 4.69) is 26.8 Å². The van der Waals surface area contributed by atoms with Crippen LogP contribution in [0.25, 0.3) is 10.9 Å². The highest BCUT2D eigenvalue weighted by atomic mass is 35.5. The van der Waals surface area contributed by atoms with Crippen molar-refractivity contribution in [2.75, 3.05) is 18.0 Å². The molecule has 2 bridgehead atoms. The predicted molar refractivity (Wildman–Crippen MR) is 122 cm³/mol. The summed E-state index contributed by atoms with van der Waals surface area (Å²) in [5, 5.41) is -0.0270. The number of carbonyl (C=O) groups is 1.